The molecule has 0 aromatic heterocycles. The number of nitrogens with one attached hydrogen (secondary N) is 1. The summed E-state index contributed by atoms with van der Waals surface area (Å²) in [6.45, 7) is 3.67. The Balaban J connectivity index is 4.37. The number of carboxylic acid groups (broad SMARTS) is 1. The van der Waals surface area contributed by atoms with E-state index in [-0.39, 0.29) is 25.2 Å². The zero-order valence-corrected chi connectivity index (χ0v) is 11.4. The molecule has 0 saturated heterocycles. The molecule has 0 aliphatic rings. The van der Waals surface area contributed by atoms with Crippen molar-refractivity contribution in [3.8, 4) is 0 Å². The first-order chi connectivity index (χ1) is 8.77. The molecule has 0 aromatic rings. The van der Waals surface area contributed by atoms with Crippen LogP contribution in [-0.4, -0.2) is 47.3 Å². The smallest absolute Gasteiger partial charge is 0.326 e. The molecular weight excluding hydrogens is 254 g/mol. The van der Waals surface area contributed by atoms with Crippen LogP contribution in [0.15, 0.2) is 0 Å². The minimum atomic E-state index is -1.26. The minimum absolute atomic E-state index is 0.0812. The fourth-order valence-corrected chi connectivity index (χ4v) is 1.44. The molecule has 0 aliphatic heterocycles. The molecule has 0 unspecified atom stereocenters. The molecule has 7 nitrogen and oxygen atoms in total. The fraction of sp³-hybridized carbons (Fsp3) is 0.750. The number of carbonyl (C=O) groups excluding carboxylic acids is 2. The molecule has 2 atom stereocenters. The third kappa shape index (κ3) is 7.40. The lowest BCUT2D eigenvalue weighted by Crippen LogP contribution is -2.46. The maximum absolute atomic E-state index is 11.6. The monoisotopic (exact) mass is 275 g/mol. The van der Waals surface area contributed by atoms with Crippen molar-refractivity contribution in [3.05, 3.63) is 0 Å². The van der Waals surface area contributed by atoms with E-state index in [0.717, 1.165) is 0 Å². The minimum Gasteiger partial charge on any atom is -0.480 e. The summed E-state index contributed by atoms with van der Waals surface area (Å²) in [5, 5.41) is 20.7. The fourth-order valence-electron chi connectivity index (χ4n) is 1.44. The van der Waals surface area contributed by atoms with Gasteiger partial charge in [-0.15, -0.1) is 0 Å². The van der Waals surface area contributed by atoms with E-state index in [1.165, 1.54) is 7.11 Å². The number of aliphatic carboxylic acids is 1. The highest BCUT2D eigenvalue weighted by atomic mass is 16.5. The summed E-state index contributed by atoms with van der Waals surface area (Å²) in [4.78, 5) is 33.4. The molecule has 0 spiro atoms. The first-order valence-corrected chi connectivity index (χ1v) is 6.06. The second-order valence-electron chi connectivity index (χ2n) is 4.66. The van der Waals surface area contributed by atoms with E-state index in [0.29, 0.717) is 0 Å². The summed E-state index contributed by atoms with van der Waals surface area (Å²) in [6, 6.07) is -1.21. The van der Waals surface area contributed by atoms with Crippen molar-refractivity contribution >= 4 is 17.8 Å². The second-order valence-corrected chi connectivity index (χ2v) is 4.66. The number of rotatable bonds is 8. The predicted octanol–water partition coefficient (Wildman–Crippen LogP) is -0.0840. The van der Waals surface area contributed by atoms with Gasteiger partial charge in [-0.05, 0) is 18.8 Å². The molecule has 110 valence electrons. The van der Waals surface area contributed by atoms with Gasteiger partial charge in [-0.3, -0.25) is 9.59 Å². The van der Waals surface area contributed by atoms with Gasteiger partial charge in [0.15, 0.2) is 0 Å². The Kier molecular flexibility index (Phi) is 7.74. The van der Waals surface area contributed by atoms with Crippen molar-refractivity contribution in [3.63, 3.8) is 0 Å². The van der Waals surface area contributed by atoms with Gasteiger partial charge in [0.25, 0.3) is 0 Å². The Morgan fingerprint density at radius 1 is 1.26 bits per heavy atom. The number of aliphatic hydroxyl groups excluding tert-OH is 1. The summed E-state index contributed by atoms with van der Waals surface area (Å²) in [5.74, 6) is -2.44. The van der Waals surface area contributed by atoms with Gasteiger partial charge in [0.1, 0.15) is 12.1 Å². The molecule has 0 saturated carbocycles. The van der Waals surface area contributed by atoms with Gasteiger partial charge in [0.05, 0.1) is 7.11 Å². The van der Waals surface area contributed by atoms with E-state index in [1.54, 1.807) is 0 Å². The third-order valence-corrected chi connectivity index (χ3v) is 2.48. The van der Waals surface area contributed by atoms with Gasteiger partial charge in [-0.1, -0.05) is 13.8 Å². The first-order valence-electron chi connectivity index (χ1n) is 6.06. The molecule has 0 heterocycles. The number of methoxy groups -OCH3 is 1. The van der Waals surface area contributed by atoms with Crippen molar-refractivity contribution in [1.82, 2.24) is 5.32 Å². The summed E-state index contributed by atoms with van der Waals surface area (Å²) in [7, 11) is 1.20. The quantitative estimate of drug-likeness (QED) is 0.534. The number of amides is 1. The molecule has 0 aromatic carbocycles. The lowest BCUT2D eigenvalue weighted by molar-refractivity contribution is -0.145. The lowest BCUT2D eigenvalue weighted by atomic mass is 10.0. The largest absolute Gasteiger partial charge is 0.480 e. The Bertz CT molecular complexity index is 328. The Labute approximate surface area is 111 Å². The highest BCUT2D eigenvalue weighted by molar-refractivity contribution is 5.86. The normalized spacial score (nSPS) is 13.7. The van der Waals surface area contributed by atoms with Gasteiger partial charge in [-0.2, -0.15) is 0 Å². The maximum Gasteiger partial charge on any atom is 0.326 e. The number of esters is 1. The highest BCUT2D eigenvalue weighted by Crippen LogP contribution is 2.06. The van der Waals surface area contributed by atoms with E-state index < -0.39 is 30.0 Å². The Morgan fingerprint density at radius 3 is 2.26 bits per heavy atom. The number of hydrogen-bond donors (Lipinski definition) is 3. The summed E-state index contributed by atoms with van der Waals surface area (Å²) in [5.41, 5.74) is 0. The zero-order chi connectivity index (χ0) is 15.0. The SMILES string of the molecule is COC(=O)CC[C@@H](NC(=O)[C@@H](O)CC(C)C)C(=O)O. The number of hydrogen-bond acceptors (Lipinski definition) is 5. The molecule has 0 radical (unpaired) electrons. The van der Waals surface area contributed by atoms with Crippen molar-refractivity contribution in [2.75, 3.05) is 7.11 Å². The van der Waals surface area contributed by atoms with Crippen molar-refractivity contribution in [2.24, 2.45) is 5.92 Å². The number of ether oxygens (including phenoxy) is 1. The molecule has 0 fully saturated rings. The van der Waals surface area contributed by atoms with Crippen LogP contribution in [-0.2, 0) is 19.1 Å². The molecule has 7 heteroatoms. The van der Waals surface area contributed by atoms with Gasteiger partial charge in [0, 0.05) is 6.42 Å². The summed E-state index contributed by atoms with van der Waals surface area (Å²) < 4.78 is 4.39. The van der Waals surface area contributed by atoms with E-state index in [1.807, 2.05) is 13.8 Å². The van der Waals surface area contributed by atoms with Crippen LogP contribution in [0, 0.1) is 5.92 Å². The average molecular weight is 275 g/mol. The number of carbonyl (C=O) groups is 3. The molecule has 0 bridgehead atoms. The number of aliphatic hydroxyl groups is 1. The van der Waals surface area contributed by atoms with E-state index in [9.17, 15) is 19.5 Å². The van der Waals surface area contributed by atoms with E-state index in [4.69, 9.17) is 5.11 Å². The van der Waals surface area contributed by atoms with Gasteiger partial charge >= 0.3 is 11.9 Å². The highest BCUT2D eigenvalue weighted by Gasteiger charge is 2.25. The van der Waals surface area contributed by atoms with Crippen LogP contribution in [0.25, 0.3) is 0 Å². The van der Waals surface area contributed by atoms with Crippen LogP contribution in [0.5, 0.6) is 0 Å². The van der Waals surface area contributed by atoms with Crippen molar-refractivity contribution in [1.29, 1.82) is 0 Å². The topological polar surface area (TPSA) is 113 Å². The van der Waals surface area contributed by atoms with Gasteiger partial charge in [0.2, 0.25) is 5.91 Å². The molecule has 3 N–H and O–H groups in total. The molecule has 0 rings (SSSR count). The summed E-state index contributed by atoms with van der Waals surface area (Å²) in [6.07, 6.45) is -1.20. The van der Waals surface area contributed by atoms with Crippen LogP contribution < -0.4 is 5.32 Å². The Hall–Kier alpha value is -1.63. The van der Waals surface area contributed by atoms with Crippen LogP contribution >= 0.6 is 0 Å². The summed E-state index contributed by atoms with van der Waals surface area (Å²) >= 11 is 0. The van der Waals surface area contributed by atoms with E-state index >= 15 is 0 Å². The molecular formula is C12H21NO6. The van der Waals surface area contributed by atoms with Crippen molar-refractivity contribution in [2.45, 2.75) is 45.3 Å². The average Bonchev–Trinajstić information content (AvgIpc) is 2.32. The van der Waals surface area contributed by atoms with Gasteiger partial charge in [-0.25, -0.2) is 4.79 Å². The van der Waals surface area contributed by atoms with Crippen LogP contribution in [0.1, 0.15) is 33.1 Å². The Morgan fingerprint density at radius 2 is 1.84 bits per heavy atom. The predicted molar refractivity (Wildman–Crippen MR) is 66.3 cm³/mol. The zero-order valence-electron chi connectivity index (χ0n) is 11.4. The molecule has 19 heavy (non-hydrogen) atoms. The van der Waals surface area contributed by atoms with Crippen LogP contribution in [0.3, 0.4) is 0 Å². The maximum atomic E-state index is 11.6. The lowest BCUT2D eigenvalue weighted by Gasteiger charge is -2.17. The molecule has 0 aliphatic carbocycles. The number of carboxylic acids is 1. The van der Waals surface area contributed by atoms with Crippen LogP contribution in [0.2, 0.25) is 0 Å². The van der Waals surface area contributed by atoms with Gasteiger partial charge < -0.3 is 20.3 Å². The van der Waals surface area contributed by atoms with E-state index in [2.05, 4.69) is 10.1 Å². The van der Waals surface area contributed by atoms with Crippen molar-refractivity contribution < 1.29 is 29.3 Å². The third-order valence-electron chi connectivity index (χ3n) is 2.48. The standard InChI is InChI=1S/C12H21NO6/c1-7(2)6-9(14)11(16)13-8(12(17)18)4-5-10(15)19-3/h7-9,14H,4-6H2,1-3H3,(H,13,16)(H,17,18)/t8-,9+/m1/s1. The second kappa shape index (κ2) is 8.47. The first kappa shape index (κ1) is 17.4. The molecule has 1 amide bonds. The van der Waals surface area contributed by atoms with Crippen LogP contribution in [0.4, 0.5) is 0 Å².